The molecule has 0 radical (unpaired) electrons. The molecule has 0 aromatic heterocycles. The Morgan fingerprint density at radius 3 is 2.95 bits per heavy atom. The number of likely N-dealkylation sites (N-methyl/N-ethyl adjacent to an activating group) is 1. The number of nitrogens with zero attached hydrogens (tertiary/aromatic N) is 1. The van der Waals surface area contributed by atoms with Crippen LogP contribution >= 0.6 is 0 Å². The van der Waals surface area contributed by atoms with Gasteiger partial charge in [0.1, 0.15) is 6.10 Å². The lowest BCUT2D eigenvalue weighted by Crippen LogP contribution is -2.52. The van der Waals surface area contributed by atoms with E-state index < -0.39 is 17.6 Å². The molecular formula is C17H21NO4. The van der Waals surface area contributed by atoms with E-state index in [9.17, 15) is 10.2 Å². The predicted octanol–water partition coefficient (Wildman–Crippen LogP) is 0.821. The first-order valence-electron chi connectivity index (χ1n) is 7.67. The summed E-state index contributed by atoms with van der Waals surface area (Å²) in [4.78, 5) is 2.12. The molecule has 0 bridgehead atoms. The molecule has 0 saturated carbocycles. The summed E-state index contributed by atoms with van der Waals surface area (Å²) in [6.45, 7) is 1.33. The van der Waals surface area contributed by atoms with E-state index in [1.807, 2.05) is 19.2 Å². The van der Waals surface area contributed by atoms with E-state index in [4.69, 9.17) is 9.47 Å². The minimum atomic E-state index is -0.594. The Labute approximate surface area is 129 Å². The molecule has 3 aliphatic rings. The number of aliphatic hydroxyl groups excluding tert-OH is 2. The number of hydrogen-bond donors (Lipinski definition) is 2. The predicted molar refractivity (Wildman–Crippen MR) is 81.2 cm³/mol. The van der Waals surface area contributed by atoms with Crippen LogP contribution in [0.3, 0.4) is 0 Å². The lowest BCUT2D eigenvalue weighted by molar-refractivity contribution is 0.00643. The fraction of sp³-hybridized carbons (Fsp3) is 0.529. The second-order valence-electron chi connectivity index (χ2n) is 6.55. The molecule has 1 spiro atoms. The molecule has 0 unspecified atom stereocenters. The Balaban J connectivity index is 1.99. The number of aliphatic hydroxyl groups is 2. The number of ether oxygens (including phenoxy) is 2. The van der Waals surface area contributed by atoms with E-state index in [0.29, 0.717) is 18.7 Å². The van der Waals surface area contributed by atoms with Gasteiger partial charge in [0.15, 0.2) is 11.5 Å². The lowest BCUT2D eigenvalue weighted by Gasteiger charge is -2.39. The molecule has 1 aromatic carbocycles. The molecule has 4 rings (SSSR count). The summed E-state index contributed by atoms with van der Waals surface area (Å²) in [6, 6.07) is 3.98. The van der Waals surface area contributed by atoms with Gasteiger partial charge in [0.05, 0.1) is 24.7 Å². The fourth-order valence-corrected chi connectivity index (χ4v) is 4.19. The Morgan fingerprint density at radius 1 is 1.36 bits per heavy atom. The number of methoxy groups -OCH3 is 1. The van der Waals surface area contributed by atoms with E-state index in [1.54, 1.807) is 13.2 Å². The van der Waals surface area contributed by atoms with E-state index in [-0.39, 0.29) is 6.10 Å². The van der Waals surface area contributed by atoms with Gasteiger partial charge in [0, 0.05) is 25.1 Å². The van der Waals surface area contributed by atoms with Gasteiger partial charge in [0.2, 0.25) is 0 Å². The molecule has 22 heavy (non-hydrogen) atoms. The van der Waals surface area contributed by atoms with Gasteiger partial charge in [-0.1, -0.05) is 18.2 Å². The molecule has 2 aliphatic heterocycles. The fourth-order valence-electron chi connectivity index (χ4n) is 4.19. The number of β-amino-alcohol motifs (C(OH)–C–C–N with tert-alkyl or cyclic N) is 1. The number of rotatable bonds is 1. The van der Waals surface area contributed by atoms with Crippen molar-refractivity contribution in [1.29, 1.82) is 0 Å². The average molecular weight is 303 g/mol. The minimum Gasteiger partial charge on any atom is -0.493 e. The van der Waals surface area contributed by atoms with Crippen molar-refractivity contribution < 1.29 is 19.7 Å². The van der Waals surface area contributed by atoms with Crippen molar-refractivity contribution >= 4 is 0 Å². The van der Waals surface area contributed by atoms with Crippen LogP contribution in [0.4, 0.5) is 0 Å². The maximum absolute atomic E-state index is 10.9. The monoisotopic (exact) mass is 303 g/mol. The van der Waals surface area contributed by atoms with Gasteiger partial charge in [-0.2, -0.15) is 0 Å². The normalized spacial score (nSPS) is 36.3. The maximum Gasteiger partial charge on any atom is 0.166 e. The highest BCUT2D eigenvalue weighted by Crippen LogP contribution is 2.55. The van der Waals surface area contributed by atoms with E-state index in [1.165, 1.54) is 0 Å². The topological polar surface area (TPSA) is 62.2 Å². The van der Waals surface area contributed by atoms with Crippen molar-refractivity contribution in [3.05, 3.63) is 35.4 Å². The second-order valence-corrected chi connectivity index (χ2v) is 6.55. The van der Waals surface area contributed by atoms with Crippen molar-refractivity contribution in [3.63, 3.8) is 0 Å². The molecule has 0 fully saturated rings. The first-order chi connectivity index (χ1) is 10.6. The highest BCUT2D eigenvalue weighted by atomic mass is 16.5. The molecule has 0 saturated heterocycles. The third-order valence-corrected chi connectivity index (χ3v) is 5.18. The highest BCUT2D eigenvalue weighted by molar-refractivity contribution is 5.61. The Morgan fingerprint density at radius 2 is 2.18 bits per heavy atom. The Kier molecular flexibility index (Phi) is 3.01. The molecule has 5 nitrogen and oxygen atoms in total. The summed E-state index contributed by atoms with van der Waals surface area (Å²) in [5, 5.41) is 20.9. The molecule has 118 valence electrons. The van der Waals surface area contributed by atoms with Gasteiger partial charge in [-0.25, -0.2) is 0 Å². The van der Waals surface area contributed by atoms with E-state index in [0.717, 1.165) is 23.4 Å². The van der Waals surface area contributed by atoms with Crippen LogP contribution in [-0.2, 0) is 12.0 Å². The third-order valence-electron chi connectivity index (χ3n) is 5.18. The molecule has 2 heterocycles. The van der Waals surface area contributed by atoms with Gasteiger partial charge >= 0.3 is 0 Å². The zero-order chi connectivity index (χ0) is 15.5. The molecule has 5 heteroatoms. The largest absolute Gasteiger partial charge is 0.493 e. The van der Waals surface area contributed by atoms with Crippen LogP contribution in [0.2, 0.25) is 0 Å². The van der Waals surface area contributed by atoms with Crippen LogP contribution in [0, 0.1) is 0 Å². The van der Waals surface area contributed by atoms with E-state index >= 15 is 0 Å². The van der Waals surface area contributed by atoms with Gasteiger partial charge in [-0.3, -0.25) is 4.90 Å². The van der Waals surface area contributed by atoms with Crippen molar-refractivity contribution in [3.8, 4) is 11.5 Å². The smallest absolute Gasteiger partial charge is 0.166 e. The summed E-state index contributed by atoms with van der Waals surface area (Å²) in [7, 11) is 3.63. The molecular weight excluding hydrogens is 282 g/mol. The molecule has 1 aliphatic carbocycles. The van der Waals surface area contributed by atoms with Gasteiger partial charge in [-0.15, -0.1) is 0 Å². The Hall–Kier alpha value is -1.56. The SMILES string of the molecule is COc1ccc2c3c1O[C@@H]1C[C@H](O)C=C[C@]31[C@@H](O)CN(C)C2. The van der Waals surface area contributed by atoms with Crippen LogP contribution in [0.15, 0.2) is 24.3 Å². The van der Waals surface area contributed by atoms with Crippen LogP contribution < -0.4 is 9.47 Å². The Bertz CT molecular complexity index is 644. The summed E-state index contributed by atoms with van der Waals surface area (Å²) in [5.41, 5.74) is 1.58. The molecule has 1 aromatic rings. The van der Waals surface area contributed by atoms with Gasteiger partial charge in [0.25, 0.3) is 0 Å². The molecule has 4 atom stereocenters. The lowest BCUT2D eigenvalue weighted by atomic mass is 9.67. The van der Waals surface area contributed by atoms with Gasteiger partial charge in [-0.05, 0) is 18.7 Å². The van der Waals surface area contributed by atoms with Crippen LogP contribution in [0.5, 0.6) is 11.5 Å². The number of hydrogen-bond acceptors (Lipinski definition) is 5. The second kappa shape index (κ2) is 4.72. The quantitative estimate of drug-likeness (QED) is 0.752. The standard InChI is InChI=1S/C17H21NO4/c1-18-8-10-3-4-12(21-2)16-15(10)17(13(20)9-18)6-5-11(19)7-14(17)22-16/h3-6,11,13-14,19-20H,7-9H2,1-2H3/t11-,13+,14-,17-/m1/s1. The molecule has 2 N–H and O–H groups in total. The van der Waals surface area contributed by atoms with E-state index in [2.05, 4.69) is 11.0 Å². The van der Waals surface area contributed by atoms with Crippen molar-refractivity contribution in [1.82, 2.24) is 4.90 Å². The first kappa shape index (κ1) is 14.1. The highest BCUT2D eigenvalue weighted by Gasteiger charge is 2.57. The van der Waals surface area contributed by atoms with Gasteiger partial charge < -0.3 is 19.7 Å². The molecule has 0 amide bonds. The third kappa shape index (κ3) is 1.70. The summed E-state index contributed by atoms with van der Waals surface area (Å²) < 4.78 is 11.6. The summed E-state index contributed by atoms with van der Waals surface area (Å²) in [5.74, 6) is 1.41. The average Bonchev–Trinajstić information content (AvgIpc) is 2.77. The summed E-state index contributed by atoms with van der Waals surface area (Å²) in [6.07, 6.45) is 2.83. The van der Waals surface area contributed by atoms with Crippen molar-refractivity contribution in [2.45, 2.75) is 36.7 Å². The van der Waals surface area contributed by atoms with Crippen LogP contribution in [-0.4, -0.2) is 54.1 Å². The van der Waals surface area contributed by atoms with Crippen LogP contribution in [0.25, 0.3) is 0 Å². The van der Waals surface area contributed by atoms with Crippen molar-refractivity contribution in [2.24, 2.45) is 0 Å². The number of benzene rings is 1. The zero-order valence-electron chi connectivity index (χ0n) is 12.8. The zero-order valence-corrected chi connectivity index (χ0v) is 12.8. The minimum absolute atomic E-state index is 0.265. The maximum atomic E-state index is 10.9. The summed E-state index contributed by atoms with van der Waals surface area (Å²) >= 11 is 0. The first-order valence-corrected chi connectivity index (χ1v) is 7.67. The van der Waals surface area contributed by atoms with Crippen molar-refractivity contribution in [2.75, 3.05) is 20.7 Å². The van der Waals surface area contributed by atoms with Crippen LogP contribution in [0.1, 0.15) is 17.5 Å².